The summed E-state index contributed by atoms with van der Waals surface area (Å²) in [6.07, 6.45) is 6.28. The molecule has 1 unspecified atom stereocenters. The second-order valence-corrected chi connectivity index (χ2v) is 7.48. The fourth-order valence-electron chi connectivity index (χ4n) is 2.76. The molecule has 102 valence electrons. The molecule has 1 fully saturated rings. The summed E-state index contributed by atoms with van der Waals surface area (Å²) in [6, 6.07) is 3.69. The largest absolute Gasteiger partial charge is 0.396 e. The topological polar surface area (TPSA) is 77.5 Å². The van der Waals surface area contributed by atoms with Crippen molar-refractivity contribution in [2.24, 2.45) is 5.92 Å². The van der Waals surface area contributed by atoms with Gasteiger partial charge in [-0.1, -0.05) is 0 Å². The van der Waals surface area contributed by atoms with Gasteiger partial charge < -0.3 is 10.1 Å². The maximum atomic E-state index is 11.6. The summed E-state index contributed by atoms with van der Waals surface area (Å²) in [6.45, 7) is 0. The van der Waals surface area contributed by atoms with Gasteiger partial charge in [-0.25, -0.2) is 13.4 Å². The van der Waals surface area contributed by atoms with Crippen molar-refractivity contribution in [3.8, 4) is 0 Å². The van der Waals surface area contributed by atoms with Crippen molar-refractivity contribution in [3.63, 3.8) is 0 Å². The fourth-order valence-corrected chi connectivity index (χ4v) is 4.53. The number of anilines is 1. The van der Waals surface area contributed by atoms with Crippen LogP contribution in [-0.2, 0) is 16.3 Å². The zero-order chi connectivity index (χ0) is 13.5. The van der Waals surface area contributed by atoms with E-state index in [-0.39, 0.29) is 11.7 Å². The minimum Gasteiger partial charge on any atom is -0.396 e. The number of fused-ring (bicyclic) bond motifs is 1. The predicted octanol–water partition coefficient (Wildman–Crippen LogP) is 1.28. The van der Waals surface area contributed by atoms with Crippen LogP contribution >= 0.6 is 0 Å². The minimum absolute atomic E-state index is 0.185. The first kappa shape index (κ1) is 12.5. The molecule has 0 radical (unpaired) electrons. The third-order valence-electron chi connectivity index (χ3n) is 3.62. The molecule has 1 aliphatic rings. The number of imidazole rings is 1. The van der Waals surface area contributed by atoms with Gasteiger partial charge in [0.25, 0.3) is 0 Å². The average molecular weight is 279 g/mol. The van der Waals surface area contributed by atoms with E-state index in [9.17, 15) is 8.42 Å². The highest BCUT2D eigenvalue weighted by molar-refractivity contribution is 7.91. The fraction of sp³-hybridized carbons (Fsp3) is 0.462. The molecule has 5 nitrogen and oxygen atoms in total. The Morgan fingerprint density at radius 2 is 2.32 bits per heavy atom. The van der Waals surface area contributed by atoms with Crippen molar-refractivity contribution in [1.29, 1.82) is 0 Å². The maximum Gasteiger partial charge on any atom is 0.160 e. The lowest BCUT2D eigenvalue weighted by Gasteiger charge is -2.20. The molecule has 2 N–H and O–H groups in total. The first-order chi connectivity index (χ1) is 9.03. The third-order valence-corrected chi connectivity index (χ3v) is 5.51. The van der Waals surface area contributed by atoms with Crippen LogP contribution in [0.25, 0.3) is 5.65 Å². The molecule has 2 aromatic rings. The minimum atomic E-state index is -2.85. The smallest absolute Gasteiger partial charge is 0.160 e. The Balaban J connectivity index is 1.84. The molecule has 0 spiro atoms. The Bertz CT molecular complexity index is 706. The van der Waals surface area contributed by atoms with E-state index < -0.39 is 9.84 Å². The van der Waals surface area contributed by atoms with Crippen LogP contribution in [0.2, 0.25) is 0 Å². The monoisotopic (exact) mass is 279 g/mol. The molecule has 19 heavy (non-hydrogen) atoms. The van der Waals surface area contributed by atoms with Gasteiger partial charge in [0.1, 0.15) is 0 Å². The van der Waals surface area contributed by atoms with Crippen LogP contribution in [0, 0.1) is 5.92 Å². The van der Waals surface area contributed by atoms with Crippen LogP contribution in [0.3, 0.4) is 0 Å². The lowest BCUT2D eigenvalue weighted by Crippen LogP contribution is -2.26. The van der Waals surface area contributed by atoms with Gasteiger partial charge in [-0.2, -0.15) is 0 Å². The van der Waals surface area contributed by atoms with E-state index in [1.54, 1.807) is 0 Å². The number of pyridine rings is 1. The molecule has 6 heteroatoms. The quantitative estimate of drug-likeness (QED) is 0.898. The first-order valence-electron chi connectivity index (χ1n) is 6.46. The van der Waals surface area contributed by atoms with Crippen molar-refractivity contribution in [2.45, 2.75) is 19.3 Å². The summed E-state index contributed by atoms with van der Waals surface area (Å²) in [4.78, 5) is 4.50. The van der Waals surface area contributed by atoms with E-state index in [2.05, 4.69) is 4.98 Å². The Morgan fingerprint density at radius 1 is 1.47 bits per heavy atom. The second kappa shape index (κ2) is 4.52. The highest BCUT2D eigenvalue weighted by Gasteiger charge is 2.25. The Morgan fingerprint density at radius 3 is 3.05 bits per heavy atom. The van der Waals surface area contributed by atoms with Gasteiger partial charge >= 0.3 is 0 Å². The van der Waals surface area contributed by atoms with E-state index in [0.29, 0.717) is 17.9 Å². The van der Waals surface area contributed by atoms with Crippen molar-refractivity contribution in [3.05, 3.63) is 30.2 Å². The van der Waals surface area contributed by atoms with Crippen LogP contribution in [0.5, 0.6) is 0 Å². The highest BCUT2D eigenvalue weighted by atomic mass is 32.2. The van der Waals surface area contributed by atoms with Gasteiger partial charge in [0.05, 0.1) is 22.9 Å². The Hall–Kier alpha value is -1.56. The Kier molecular flexibility index (Phi) is 2.97. The van der Waals surface area contributed by atoms with Crippen LogP contribution in [-0.4, -0.2) is 29.3 Å². The molecular formula is C13H17N3O2S. The van der Waals surface area contributed by atoms with Crippen molar-refractivity contribution >= 4 is 21.2 Å². The molecule has 3 heterocycles. The molecule has 1 aliphatic heterocycles. The van der Waals surface area contributed by atoms with Gasteiger partial charge in [-0.05, 0) is 37.3 Å². The molecule has 2 aromatic heterocycles. The lowest BCUT2D eigenvalue weighted by atomic mass is 10.00. The Labute approximate surface area is 112 Å². The van der Waals surface area contributed by atoms with Crippen LogP contribution in [0.15, 0.2) is 24.5 Å². The molecule has 3 rings (SSSR count). The van der Waals surface area contributed by atoms with Crippen molar-refractivity contribution in [1.82, 2.24) is 9.38 Å². The summed E-state index contributed by atoms with van der Waals surface area (Å²) in [7, 11) is -2.85. The maximum absolute atomic E-state index is 11.6. The van der Waals surface area contributed by atoms with E-state index in [1.165, 1.54) is 0 Å². The molecule has 0 aliphatic carbocycles. The normalized spacial score (nSPS) is 22.6. The lowest BCUT2D eigenvalue weighted by molar-refractivity contribution is 0.480. The molecule has 1 atom stereocenters. The number of hydrogen-bond donors (Lipinski definition) is 1. The molecule has 0 amide bonds. The SMILES string of the molecule is Nc1cccn2cc(CC3CCCS(=O)(=O)C3)nc12. The number of sulfone groups is 1. The zero-order valence-electron chi connectivity index (χ0n) is 10.6. The number of hydrogen-bond acceptors (Lipinski definition) is 4. The number of nitrogens with two attached hydrogens (primary N) is 1. The highest BCUT2D eigenvalue weighted by Crippen LogP contribution is 2.23. The molecule has 0 bridgehead atoms. The van der Waals surface area contributed by atoms with Crippen molar-refractivity contribution < 1.29 is 8.42 Å². The van der Waals surface area contributed by atoms with E-state index >= 15 is 0 Å². The van der Waals surface area contributed by atoms with E-state index in [4.69, 9.17) is 5.73 Å². The van der Waals surface area contributed by atoms with Crippen LogP contribution in [0.4, 0.5) is 5.69 Å². The number of aromatic nitrogens is 2. The first-order valence-corrected chi connectivity index (χ1v) is 8.28. The molecule has 1 saturated heterocycles. The zero-order valence-corrected chi connectivity index (χ0v) is 11.4. The van der Waals surface area contributed by atoms with Gasteiger partial charge in [0.2, 0.25) is 0 Å². The standard InChI is InChI=1S/C13H17N3O2S/c14-12-4-1-5-16-8-11(15-13(12)16)7-10-3-2-6-19(17,18)9-10/h1,4-5,8,10H,2-3,6-7,9,14H2. The summed E-state index contributed by atoms with van der Waals surface area (Å²) in [5, 5.41) is 0. The number of rotatable bonds is 2. The van der Waals surface area contributed by atoms with Crippen LogP contribution in [0.1, 0.15) is 18.5 Å². The van der Waals surface area contributed by atoms with E-state index in [1.807, 2.05) is 28.9 Å². The number of nitrogens with zero attached hydrogens (tertiary/aromatic N) is 2. The van der Waals surface area contributed by atoms with Gasteiger partial charge in [0, 0.05) is 12.4 Å². The summed E-state index contributed by atoms with van der Waals surface area (Å²) in [5.74, 6) is 0.808. The van der Waals surface area contributed by atoms with E-state index in [0.717, 1.165) is 24.2 Å². The number of nitrogen functional groups attached to an aromatic ring is 1. The second-order valence-electron chi connectivity index (χ2n) is 5.25. The molecule has 0 aromatic carbocycles. The summed E-state index contributed by atoms with van der Waals surface area (Å²) in [5.41, 5.74) is 8.17. The predicted molar refractivity (Wildman–Crippen MR) is 74.7 cm³/mol. The third kappa shape index (κ3) is 2.58. The van der Waals surface area contributed by atoms with Crippen molar-refractivity contribution in [2.75, 3.05) is 17.2 Å². The average Bonchev–Trinajstić information content (AvgIpc) is 2.71. The van der Waals surface area contributed by atoms with Crippen LogP contribution < -0.4 is 5.73 Å². The molecular weight excluding hydrogens is 262 g/mol. The summed E-state index contributed by atoms with van der Waals surface area (Å²) >= 11 is 0. The summed E-state index contributed by atoms with van der Waals surface area (Å²) < 4.78 is 25.2. The van der Waals surface area contributed by atoms with Gasteiger partial charge in [-0.15, -0.1) is 0 Å². The van der Waals surface area contributed by atoms with Gasteiger partial charge in [-0.3, -0.25) is 0 Å². The van der Waals surface area contributed by atoms with Gasteiger partial charge in [0.15, 0.2) is 15.5 Å². The molecule has 0 saturated carbocycles.